The molecule has 21 heavy (non-hydrogen) atoms. The second kappa shape index (κ2) is 6.07. The molecular weight excluding hydrogens is 284 g/mol. The lowest BCUT2D eigenvalue weighted by atomic mass is 10.3. The number of nitrogens with zero attached hydrogens (tertiary/aromatic N) is 4. The maximum atomic E-state index is 12.3. The number of piperazine rings is 1. The third-order valence-electron chi connectivity index (χ3n) is 3.93. The van der Waals surface area contributed by atoms with Crippen LogP contribution in [0.3, 0.4) is 0 Å². The van der Waals surface area contributed by atoms with Crippen LogP contribution in [-0.2, 0) is 11.8 Å². The molecule has 0 radical (unpaired) electrons. The maximum Gasteiger partial charge on any atom is 0.233 e. The molecule has 0 bridgehead atoms. The Kier molecular flexibility index (Phi) is 4.17. The van der Waals surface area contributed by atoms with E-state index in [2.05, 4.69) is 27.6 Å². The fraction of sp³-hybridized carbons (Fsp3) is 0.467. The first-order chi connectivity index (χ1) is 10.1. The van der Waals surface area contributed by atoms with E-state index < -0.39 is 0 Å². The van der Waals surface area contributed by atoms with Gasteiger partial charge in [-0.05, 0) is 19.2 Å². The molecule has 0 aliphatic carbocycles. The minimum atomic E-state index is 0.208. The van der Waals surface area contributed by atoms with Gasteiger partial charge < -0.3 is 14.4 Å². The lowest BCUT2D eigenvalue weighted by molar-refractivity contribution is -0.129. The molecule has 1 aliphatic heterocycles. The number of aromatic nitrogens is 2. The van der Waals surface area contributed by atoms with Crippen molar-refractivity contribution in [2.24, 2.45) is 7.05 Å². The molecule has 1 aromatic heterocycles. The Hall–Kier alpha value is -1.53. The average Bonchev–Trinajstić information content (AvgIpc) is 2.82. The first-order valence-corrected chi connectivity index (χ1v) is 8.14. The molecule has 1 aromatic carbocycles. The summed E-state index contributed by atoms with van der Waals surface area (Å²) in [7, 11) is 4.09. The molecular formula is C15H20N4OS. The summed E-state index contributed by atoms with van der Waals surface area (Å²) >= 11 is 1.52. The number of rotatable bonds is 3. The topological polar surface area (TPSA) is 41.4 Å². The number of aryl methyl sites for hydroxylation is 1. The number of benzene rings is 1. The first kappa shape index (κ1) is 14.4. The van der Waals surface area contributed by atoms with Crippen molar-refractivity contribution in [1.82, 2.24) is 19.4 Å². The van der Waals surface area contributed by atoms with Crippen molar-refractivity contribution < 1.29 is 4.79 Å². The standard InChI is InChI=1S/C15H20N4OS/c1-17-7-9-19(10-8-17)14(20)11-21-15-16-12-5-3-4-6-13(12)18(15)2/h3-6H,7-11H2,1-2H3. The van der Waals surface area contributed by atoms with Crippen LogP contribution >= 0.6 is 11.8 Å². The zero-order chi connectivity index (χ0) is 14.8. The zero-order valence-electron chi connectivity index (χ0n) is 12.5. The second-order valence-corrected chi connectivity index (χ2v) is 6.36. The minimum Gasteiger partial charge on any atom is -0.339 e. The largest absolute Gasteiger partial charge is 0.339 e. The number of thioether (sulfide) groups is 1. The summed E-state index contributed by atoms with van der Waals surface area (Å²) in [6.07, 6.45) is 0. The smallest absolute Gasteiger partial charge is 0.233 e. The van der Waals surface area contributed by atoms with E-state index in [9.17, 15) is 4.79 Å². The van der Waals surface area contributed by atoms with Gasteiger partial charge in [0.1, 0.15) is 0 Å². The SMILES string of the molecule is CN1CCN(C(=O)CSc2nc3ccccc3n2C)CC1. The van der Waals surface area contributed by atoms with Crippen LogP contribution in [0.5, 0.6) is 0 Å². The molecule has 5 nitrogen and oxygen atoms in total. The Morgan fingerprint density at radius 2 is 1.90 bits per heavy atom. The highest BCUT2D eigenvalue weighted by Crippen LogP contribution is 2.22. The molecule has 112 valence electrons. The van der Waals surface area contributed by atoms with E-state index in [1.807, 2.05) is 30.1 Å². The minimum absolute atomic E-state index is 0.208. The molecule has 6 heteroatoms. The van der Waals surface area contributed by atoms with Crippen molar-refractivity contribution in [3.8, 4) is 0 Å². The van der Waals surface area contributed by atoms with Gasteiger partial charge >= 0.3 is 0 Å². The highest BCUT2D eigenvalue weighted by Gasteiger charge is 2.19. The normalized spacial score (nSPS) is 16.6. The molecule has 1 amide bonds. The average molecular weight is 304 g/mol. The number of hydrogen-bond acceptors (Lipinski definition) is 4. The van der Waals surface area contributed by atoms with Gasteiger partial charge in [-0.2, -0.15) is 0 Å². The van der Waals surface area contributed by atoms with Crippen LogP contribution in [-0.4, -0.2) is 64.2 Å². The first-order valence-electron chi connectivity index (χ1n) is 7.16. The Bertz CT molecular complexity index is 646. The van der Waals surface area contributed by atoms with Gasteiger partial charge in [0.15, 0.2) is 5.16 Å². The summed E-state index contributed by atoms with van der Waals surface area (Å²) in [4.78, 5) is 21.0. The van der Waals surface area contributed by atoms with Crippen molar-refractivity contribution in [3.63, 3.8) is 0 Å². The van der Waals surface area contributed by atoms with Gasteiger partial charge in [-0.15, -0.1) is 0 Å². The van der Waals surface area contributed by atoms with Gasteiger partial charge in [0.05, 0.1) is 16.8 Å². The predicted molar refractivity (Wildman–Crippen MR) is 85.5 cm³/mol. The third kappa shape index (κ3) is 3.06. The van der Waals surface area contributed by atoms with Gasteiger partial charge in [-0.25, -0.2) is 4.98 Å². The molecule has 3 rings (SSSR count). The van der Waals surface area contributed by atoms with Crippen LogP contribution < -0.4 is 0 Å². The van der Waals surface area contributed by atoms with E-state index in [4.69, 9.17) is 0 Å². The molecule has 0 atom stereocenters. The van der Waals surface area contributed by atoms with E-state index in [1.165, 1.54) is 11.8 Å². The fourth-order valence-corrected chi connectivity index (χ4v) is 3.42. The molecule has 0 N–H and O–H groups in total. The van der Waals surface area contributed by atoms with Crippen molar-refractivity contribution in [3.05, 3.63) is 24.3 Å². The summed E-state index contributed by atoms with van der Waals surface area (Å²) in [6, 6.07) is 8.05. The summed E-state index contributed by atoms with van der Waals surface area (Å²) in [5, 5.41) is 0.902. The zero-order valence-corrected chi connectivity index (χ0v) is 13.3. The van der Waals surface area contributed by atoms with Gasteiger partial charge in [0.2, 0.25) is 5.91 Å². The van der Waals surface area contributed by atoms with E-state index >= 15 is 0 Å². The molecule has 1 saturated heterocycles. The number of carbonyl (C=O) groups excluding carboxylic acids is 1. The van der Waals surface area contributed by atoms with Crippen molar-refractivity contribution in [1.29, 1.82) is 0 Å². The summed E-state index contributed by atoms with van der Waals surface area (Å²) in [5.41, 5.74) is 2.08. The van der Waals surface area contributed by atoms with E-state index in [0.29, 0.717) is 5.75 Å². The number of para-hydroxylation sites is 2. The van der Waals surface area contributed by atoms with Crippen LogP contribution in [0.15, 0.2) is 29.4 Å². The highest BCUT2D eigenvalue weighted by molar-refractivity contribution is 7.99. The summed E-state index contributed by atoms with van der Waals surface area (Å²) < 4.78 is 2.05. The van der Waals surface area contributed by atoms with E-state index in [1.54, 1.807) is 0 Å². The molecule has 2 aromatic rings. The van der Waals surface area contributed by atoms with Crippen LogP contribution in [0.4, 0.5) is 0 Å². The van der Waals surface area contributed by atoms with Crippen molar-refractivity contribution >= 4 is 28.7 Å². The lowest BCUT2D eigenvalue weighted by Crippen LogP contribution is -2.47. The Morgan fingerprint density at radius 3 is 2.62 bits per heavy atom. The lowest BCUT2D eigenvalue weighted by Gasteiger charge is -2.32. The van der Waals surface area contributed by atoms with Gasteiger partial charge in [0, 0.05) is 33.2 Å². The third-order valence-corrected chi connectivity index (χ3v) is 4.94. The number of amides is 1. The molecule has 0 spiro atoms. The fourth-order valence-electron chi connectivity index (χ4n) is 2.53. The van der Waals surface area contributed by atoms with Gasteiger partial charge in [-0.1, -0.05) is 23.9 Å². The predicted octanol–water partition coefficient (Wildman–Crippen LogP) is 1.44. The van der Waals surface area contributed by atoms with Crippen LogP contribution in [0.2, 0.25) is 0 Å². The summed E-state index contributed by atoms with van der Waals surface area (Å²) in [5.74, 6) is 0.668. The van der Waals surface area contributed by atoms with Crippen molar-refractivity contribution in [2.45, 2.75) is 5.16 Å². The van der Waals surface area contributed by atoms with Gasteiger partial charge in [-0.3, -0.25) is 4.79 Å². The quantitative estimate of drug-likeness (QED) is 0.805. The van der Waals surface area contributed by atoms with Crippen LogP contribution in [0.1, 0.15) is 0 Å². The van der Waals surface area contributed by atoms with E-state index in [0.717, 1.165) is 42.4 Å². The molecule has 1 aliphatic rings. The maximum absolute atomic E-state index is 12.3. The molecule has 1 fully saturated rings. The monoisotopic (exact) mass is 304 g/mol. The van der Waals surface area contributed by atoms with E-state index in [-0.39, 0.29) is 5.91 Å². The highest BCUT2D eigenvalue weighted by atomic mass is 32.2. The van der Waals surface area contributed by atoms with Gasteiger partial charge in [0.25, 0.3) is 0 Å². The number of carbonyl (C=O) groups is 1. The number of hydrogen-bond donors (Lipinski definition) is 0. The van der Waals surface area contributed by atoms with Crippen LogP contribution in [0.25, 0.3) is 11.0 Å². The van der Waals surface area contributed by atoms with Crippen LogP contribution in [0, 0.1) is 0 Å². The Labute approximate surface area is 128 Å². The second-order valence-electron chi connectivity index (χ2n) is 5.41. The number of imidazole rings is 1. The Balaban J connectivity index is 1.63. The Morgan fingerprint density at radius 1 is 1.19 bits per heavy atom. The molecule has 0 unspecified atom stereocenters. The molecule has 2 heterocycles. The van der Waals surface area contributed by atoms with Crippen molar-refractivity contribution in [2.75, 3.05) is 39.0 Å². The number of fused-ring (bicyclic) bond motifs is 1. The number of likely N-dealkylation sites (N-methyl/N-ethyl adjacent to an activating group) is 1. The summed E-state index contributed by atoms with van der Waals surface area (Å²) in [6.45, 7) is 3.59. The molecule has 0 saturated carbocycles.